The van der Waals surface area contributed by atoms with Crippen molar-refractivity contribution >= 4 is 41.5 Å². The Morgan fingerprint density at radius 3 is 2.73 bits per heavy atom. The van der Waals surface area contributed by atoms with Crippen molar-refractivity contribution < 1.29 is 9.26 Å². The van der Waals surface area contributed by atoms with Crippen LogP contribution in [-0.4, -0.2) is 48.9 Å². The largest absolute Gasteiger partial charge is 0.383 e. The molecule has 7 nitrogen and oxygen atoms in total. The summed E-state index contributed by atoms with van der Waals surface area (Å²) in [5.74, 6) is 1.84. The second-order valence-electron chi connectivity index (χ2n) is 5.53. The van der Waals surface area contributed by atoms with Crippen LogP contribution >= 0.6 is 35.6 Å². The summed E-state index contributed by atoms with van der Waals surface area (Å²) < 4.78 is 10.4. The van der Waals surface area contributed by atoms with Crippen molar-refractivity contribution in [3.05, 3.63) is 35.2 Å². The van der Waals surface area contributed by atoms with Crippen LogP contribution in [0.5, 0.6) is 0 Å². The molecular weight excluding hydrogens is 469 g/mol. The molecule has 0 bridgehead atoms. The second-order valence-corrected chi connectivity index (χ2v) is 5.97. The summed E-state index contributed by atoms with van der Waals surface area (Å²) in [6, 6.07) is 7.49. The van der Waals surface area contributed by atoms with Gasteiger partial charge in [0.15, 0.2) is 5.96 Å². The van der Waals surface area contributed by atoms with Crippen molar-refractivity contribution in [1.29, 1.82) is 0 Å². The minimum absolute atomic E-state index is 0. The number of rotatable bonds is 8. The summed E-state index contributed by atoms with van der Waals surface area (Å²) in [4.78, 5) is 8.91. The van der Waals surface area contributed by atoms with Crippen LogP contribution in [0.15, 0.2) is 33.8 Å². The number of nitrogens with zero attached hydrogens (tertiary/aromatic N) is 3. The zero-order chi connectivity index (χ0) is 18.1. The number of benzene rings is 1. The Morgan fingerprint density at radius 2 is 2.08 bits per heavy atom. The van der Waals surface area contributed by atoms with Gasteiger partial charge in [-0.1, -0.05) is 16.8 Å². The van der Waals surface area contributed by atoms with E-state index < -0.39 is 0 Å². The van der Waals surface area contributed by atoms with Gasteiger partial charge in [-0.3, -0.25) is 4.99 Å². The predicted molar refractivity (Wildman–Crippen MR) is 114 cm³/mol. The third-order valence-electron chi connectivity index (χ3n) is 3.31. The van der Waals surface area contributed by atoms with Crippen LogP contribution in [-0.2, 0) is 11.2 Å². The average Bonchev–Trinajstić information content (AvgIpc) is 3.05. The second kappa shape index (κ2) is 12.1. The molecule has 1 aromatic heterocycles. The Bertz CT molecular complexity index is 678. The van der Waals surface area contributed by atoms with Gasteiger partial charge in [-0.2, -0.15) is 4.98 Å². The molecule has 144 valence electrons. The molecule has 0 radical (unpaired) electrons. The lowest BCUT2D eigenvalue weighted by molar-refractivity contribution is 0.179. The monoisotopic (exact) mass is 493 g/mol. The molecule has 1 atom stereocenters. The van der Waals surface area contributed by atoms with Crippen molar-refractivity contribution in [1.82, 2.24) is 20.8 Å². The molecule has 0 aliphatic heterocycles. The van der Waals surface area contributed by atoms with Crippen LogP contribution in [0, 0.1) is 0 Å². The maximum absolute atomic E-state index is 5.89. The van der Waals surface area contributed by atoms with E-state index in [1.165, 1.54) is 0 Å². The number of aliphatic imine (C=N–C) groups is 1. The highest BCUT2D eigenvalue weighted by molar-refractivity contribution is 14.0. The molecule has 0 spiro atoms. The van der Waals surface area contributed by atoms with E-state index in [4.69, 9.17) is 20.9 Å². The maximum Gasteiger partial charge on any atom is 0.228 e. The smallest absolute Gasteiger partial charge is 0.228 e. The summed E-state index contributed by atoms with van der Waals surface area (Å²) >= 11 is 5.89. The van der Waals surface area contributed by atoms with E-state index >= 15 is 0 Å². The van der Waals surface area contributed by atoms with Gasteiger partial charge < -0.3 is 19.9 Å². The lowest BCUT2D eigenvalue weighted by atomic mass is 10.2. The minimum Gasteiger partial charge on any atom is -0.383 e. The third kappa shape index (κ3) is 7.46. The molecule has 0 fully saturated rings. The van der Waals surface area contributed by atoms with Crippen molar-refractivity contribution in [3.8, 4) is 11.4 Å². The summed E-state index contributed by atoms with van der Waals surface area (Å²) in [6.07, 6.45) is 0.565. The van der Waals surface area contributed by atoms with Crippen molar-refractivity contribution in [2.24, 2.45) is 4.99 Å². The molecule has 9 heteroatoms. The first-order valence-corrected chi connectivity index (χ1v) is 8.62. The normalized spacial score (nSPS) is 12.4. The number of nitrogens with one attached hydrogen (secondary N) is 2. The zero-order valence-corrected chi connectivity index (χ0v) is 18.2. The Morgan fingerprint density at radius 1 is 1.35 bits per heavy atom. The summed E-state index contributed by atoms with van der Waals surface area (Å²) in [6.45, 7) is 5.99. The van der Waals surface area contributed by atoms with E-state index in [0.29, 0.717) is 36.3 Å². The fraction of sp³-hybridized carbons (Fsp3) is 0.471. The molecular formula is C17H25ClIN5O2. The minimum atomic E-state index is 0. The molecule has 1 heterocycles. The highest BCUT2D eigenvalue weighted by atomic mass is 127. The van der Waals surface area contributed by atoms with E-state index in [2.05, 4.69) is 25.8 Å². The van der Waals surface area contributed by atoms with Gasteiger partial charge in [0.1, 0.15) is 0 Å². The molecule has 2 aromatic rings. The number of halogens is 2. The molecule has 26 heavy (non-hydrogen) atoms. The third-order valence-corrected chi connectivity index (χ3v) is 3.56. The van der Waals surface area contributed by atoms with Crippen LogP contribution in [0.25, 0.3) is 11.4 Å². The van der Waals surface area contributed by atoms with Crippen LogP contribution in [0.1, 0.15) is 19.7 Å². The molecule has 0 aliphatic rings. The van der Waals surface area contributed by atoms with Gasteiger partial charge in [-0.15, -0.1) is 24.0 Å². The van der Waals surface area contributed by atoms with E-state index in [1.54, 1.807) is 19.2 Å². The first-order chi connectivity index (χ1) is 12.1. The van der Waals surface area contributed by atoms with E-state index in [-0.39, 0.29) is 30.0 Å². The molecule has 0 aliphatic carbocycles. The Labute approximate surface area is 176 Å². The average molecular weight is 494 g/mol. The lowest BCUT2D eigenvalue weighted by Gasteiger charge is -2.16. The molecule has 0 saturated heterocycles. The van der Waals surface area contributed by atoms with Crippen LogP contribution in [0.4, 0.5) is 0 Å². The molecule has 2 N–H and O–H groups in total. The predicted octanol–water partition coefficient (Wildman–Crippen LogP) is 3.14. The van der Waals surface area contributed by atoms with Gasteiger partial charge in [-0.25, -0.2) is 0 Å². The fourth-order valence-corrected chi connectivity index (χ4v) is 2.31. The summed E-state index contributed by atoms with van der Waals surface area (Å²) in [7, 11) is 1.68. The number of aromatic nitrogens is 2. The van der Waals surface area contributed by atoms with E-state index in [9.17, 15) is 0 Å². The maximum atomic E-state index is 5.89. The van der Waals surface area contributed by atoms with Crippen LogP contribution in [0.2, 0.25) is 5.02 Å². The van der Waals surface area contributed by atoms with Crippen molar-refractivity contribution in [2.75, 3.05) is 26.8 Å². The van der Waals surface area contributed by atoms with Crippen LogP contribution < -0.4 is 10.6 Å². The fourth-order valence-electron chi connectivity index (χ4n) is 2.18. The highest BCUT2D eigenvalue weighted by Gasteiger charge is 2.09. The van der Waals surface area contributed by atoms with Crippen LogP contribution in [0.3, 0.4) is 0 Å². The number of hydrogen-bond donors (Lipinski definition) is 2. The van der Waals surface area contributed by atoms with Crippen molar-refractivity contribution in [2.45, 2.75) is 26.3 Å². The molecule has 2 rings (SSSR count). The Hall–Kier alpha value is -1.39. The van der Waals surface area contributed by atoms with Gasteiger partial charge in [0, 0.05) is 36.7 Å². The highest BCUT2D eigenvalue weighted by Crippen LogP contribution is 2.18. The first kappa shape index (κ1) is 22.7. The topological polar surface area (TPSA) is 84.6 Å². The first-order valence-electron chi connectivity index (χ1n) is 8.24. The number of methoxy groups -OCH3 is 1. The summed E-state index contributed by atoms with van der Waals surface area (Å²) in [5.41, 5.74) is 0.867. The van der Waals surface area contributed by atoms with Gasteiger partial charge in [0.05, 0.1) is 13.2 Å². The zero-order valence-electron chi connectivity index (χ0n) is 15.2. The number of guanidine groups is 1. The summed E-state index contributed by atoms with van der Waals surface area (Å²) in [5, 5.41) is 11.1. The van der Waals surface area contributed by atoms with Gasteiger partial charge in [0.2, 0.25) is 11.7 Å². The standard InChI is InChI=1S/C17H24ClN5O2.HI/c1-4-19-17(21-12(2)11-24-3)20-10-9-15-22-16(23-25-15)13-5-7-14(18)8-6-13;/h5-8,12H,4,9-11H2,1-3H3,(H2,19,20,21);1H. The number of hydrogen-bond acceptors (Lipinski definition) is 5. The molecule has 1 unspecified atom stereocenters. The SMILES string of the molecule is CCNC(=NCCc1nc(-c2ccc(Cl)cc2)no1)NC(C)COC.I. The Kier molecular flexibility index (Phi) is 10.5. The van der Waals surface area contributed by atoms with Crippen molar-refractivity contribution in [3.63, 3.8) is 0 Å². The van der Waals surface area contributed by atoms with Gasteiger partial charge in [0.25, 0.3) is 0 Å². The lowest BCUT2D eigenvalue weighted by Crippen LogP contribution is -2.44. The molecule has 0 amide bonds. The molecule has 0 saturated carbocycles. The van der Waals surface area contributed by atoms with Gasteiger partial charge in [-0.05, 0) is 38.1 Å². The van der Waals surface area contributed by atoms with Gasteiger partial charge >= 0.3 is 0 Å². The Balaban J connectivity index is 0.00000338. The quantitative estimate of drug-likeness (QED) is 0.334. The van der Waals surface area contributed by atoms with E-state index in [1.807, 2.05) is 26.0 Å². The van der Waals surface area contributed by atoms with E-state index in [0.717, 1.165) is 18.1 Å². The molecule has 1 aromatic carbocycles. The number of ether oxygens (including phenoxy) is 1.